The van der Waals surface area contributed by atoms with Crippen LogP contribution in [0.4, 0.5) is 4.48 Å². The number of phenolic OH excluding ortho intramolecular Hbond substituents is 1. The molecule has 2 atom stereocenters. The normalized spacial score (nSPS) is 25.9. The number of rotatable bonds is 5. The molecule has 2 fully saturated rings. The molecule has 0 radical (unpaired) electrons. The molecule has 0 bridgehead atoms. The molecule has 1 amide bonds. The van der Waals surface area contributed by atoms with Gasteiger partial charge in [-0.2, -0.15) is 13.1 Å². The van der Waals surface area contributed by atoms with Crippen molar-refractivity contribution in [1.82, 2.24) is 18.9 Å². The fraction of sp³-hybridized carbons (Fsp3) is 0.533. The third-order valence-electron chi connectivity index (χ3n) is 4.79. The van der Waals surface area contributed by atoms with Crippen molar-refractivity contribution >= 4 is 26.1 Å². The molecular formula is C15H21FN4O6S2. The van der Waals surface area contributed by atoms with E-state index in [-0.39, 0.29) is 30.4 Å². The number of hydrogen-bond donors (Lipinski definition) is 3. The summed E-state index contributed by atoms with van der Waals surface area (Å²) in [6.45, 7) is 0.850. The highest BCUT2D eigenvalue weighted by molar-refractivity contribution is 7.88. The lowest BCUT2D eigenvalue weighted by Gasteiger charge is -2.31. The van der Waals surface area contributed by atoms with E-state index in [1.165, 1.54) is 16.4 Å². The summed E-state index contributed by atoms with van der Waals surface area (Å²) in [7, 11) is -7.91. The molecule has 13 heteroatoms. The number of carbonyl (C=O) groups excluding carboxylic acids is 1. The van der Waals surface area contributed by atoms with Crippen molar-refractivity contribution in [2.24, 2.45) is 0 Å². The van der Waals surface area contributed by atoms with Gasteiger partial charge >= 0.3 is 10.2 Å². The molecule has 2 heterocycles. The van der Waals surface area contributed by atoms with Crippen molar-refractivity contribution in [3.05, 3.63) is 29.3 Å². The maximum atomic E-state index is 13.6. The van der Waals surface area contributed by atoms with Crippen LogP contribution in [0, 0.1) is 0 Å². The van der Waals surface area contributed by atoms with Crippen molar-refractivity contribution in [3.8, 4) is 5.75 Å². The number of nitrogens with zero attached hydrogens (tertiary/aromatic N) is 2. The Balaban J connectivity index is 1.79. The zero-order chi connectivity index (χ0) is 20.7. The second-order valence-corrected chi connectivity index (χ2v) is 10.3. The first-order valence-electron chi connectivity index (χ1n) is 8.52. The number of aromatic hydroxyl groups is 1. The first kappa shape index (κ1) is 20.9. The van der Waals surface area contributed by atoms with E-state index in [1.54, 1.807) is 6.07 Å². The lowest BCUT2D eigenvalue weighted by atomic mass is 9.98. The zero-order valence-corrected chi connectivity index (χ0v) is 16.6. The minimum Gasteiger partial charge on any atom is -0.508 e. The van der Waals surface area contributed by atoms with Gasteiger partial charge in [0.2, 0.25) is 10.0 Å². The Morgan fingerprint density at radius 2 is 2.11 bits per heavy atom. The van der Waals surface area contributed by atoms with Crippen LogP contribution in [-0.4, -0.2) is 62.1 Å². The third-order valence-corrected chi connectivity index (χ3v) is 7.20. The molecule has 2 saturated heterocycles. The van der Waals surface area contributed by atoms with E-state index in [0.717, 1.165) is 12.7 Å². The highest BCUT2D eigenvalue weighted by Crippen LogP contribution is 2.34. The number of halogens is 1. The van der Waals surface area contributed by atoms with Crippen molar-refractivity contribution in [3.63, 3.8) is 0 Å². The van der Waals surface area contributed by atoms with Crippen LogP contribution in [0.5, 0.6) is 5.75 Å². The summed E-state index contributed by atoms with van der Waals surface area (Å²) in [6, 6.07) is 2.62. The first-order valence-corrected chi connectivity index (χ1v) is 11.8. The van der Waals surface area contributed by atoms with Gasteiger partial charge in [-0.1, -0.05) is 21.1 Å². The van der Waals surface area contributed by atoms with E-state index >= 15 is 0 Å². The Labute approximate surface area is 162 Å². The number of nitrogens with one attached hydrogen (secondary N) is 2. The molecule has 0 saturated carbocycles. The molecule has 3 rings (SSSR count). The topological polar surface area (TPSA) is 136 Å². The highest BCUT2D eigenvalue weighted by Gasteiger charge is 2.46. The number of piperidine rings is 1. The van der Waals surface area contributed by atoms with Crippen LogP contribution in [0.3, 0.4) is 0 Å². The summed E-state index contributed by atoms with van der Waals surface area (Å²) < 4.78 is 62.6. The predicted molar refractivity (Wildman–Crippen MR) is 97.1 cm³/mol. The molecule has 3 N–H and O–H groups in total. The van der Waals surface area contributed by atoms with E-state index in [0.29, 0.717) is 18.5 Å². The summed E-state index contributed by atoms with van der Waals surface area (Å²) in [5.41, 5.74) is 0.354. The standard InChI is InChI=1S/C15H21FN4O6S2/c1-27(23,24)19-7-3-5-11(9-19)17-8-10-4-2-6-12(21)13(10)14-15(22)20(16)28(25,26)18-14/h2,4,6,11,14,17-18,21H,3,5,7-9H2,1H3/t11-,14?/m0/s1. The molecule has 0 spiro atoms. The van der Waals surface area contributed by atoms with Crippen LogP contribution in [0.2, 0.25) is 0 Å². The van der Waals surface area contributed by atoms with Crippen LogP contribution in [0.25, 0.3) is 0 Å². The maximum Gasteiger partial charge on any atom is 0.332 e. The molecule has 1 aromatic rings. The van der Waals surface area contributed by atoms with Gasteiger partial charge in [-0.15, -0.1) is 0 Å². The number of sulfonamides is 1. The van der Waals surface area contributed by atoms with Crippen LogP contribution >= 0.6 is 0 Å². The number of benzene rings is 1. The molecule has 2 aliphatic heterocycles. The quantitative estimate of drug-likeness (QED) is 0.530. The van der Waals surface area contributed by atoms with Crippen LogP contribution in [-0.2, 0) is 31.6 Å². The number of carbonyl (C=O) groups is 1. The van der Waals surface area contributed by atoms with E-state index in [4.69, 9.17) is 0 Å². The zero-order valence-electron chi connectivity index (χ0n) is 15.0. The Bertz CT molecular complexity index is 984. The van der Waals surface area contributed by atoms with Crippen molar-refractivity contribution in [2.75, 3.05) is 19.3 Å². The van der Waals surface area contributed by atoms with Gasteiger partial charge in [0.25, 0.3) is 5.91 Å². The van der Waals surface area contributed by atoms with Gasteiger partial charge in [0.1, 0.15) is 11.8 Å². The Kier molecular flexibility index (Phi) is 5.64. The molecule has 1 aromatic carbocycles. The van der Waals surface area contributed by atoms with Crippen LogP contribution < -0.4 is 10.0 Å². The average molecular weight is 436 g/mol. The molecule has 10 nitrogen and oxygen atoms in total. The summed E-state index contributed by atoms with van der Waals surface area (Å²) in [6.07, 6.45) is 2.55. The molecule has 28 heavy (non-hydrogen) atoms. The lowest BCUT2D eigenvalue weighted by Crippen LogP contribution is -2.47. The second kappa shape index (κ2) is 7.55. The van der Waals surface area contributed by atoms with E-state index in [1.807, 2.05) is 4.72 Å². The number of amides is 1. The van der Waals surface area contributed by atoms with Crippen LogP contribution in [0.15, 0.2) is 18.2 Å². The largest absolute Gasteiger partial charge is 0.508 e. The summed E-state index contributed by atoms with van der Waals surface area (Å²) in [5, 5.41) is 13.3. The van der Waals surface area contributed by atoms with Gasteiger partial charge in [0.15, 0.2) is 0 Å². The van der Waals surface area contributed by atoms with Gasteiger partial charge in [0.05, 0.1) is 6.26 Å². The lowest BCUT2D eigenvalue weighted by molar-refractivity contribution is -0.135. The Hall–Kier alpha value is -1.80. The molecule has 0 aromatic heterocycles. The fourth-order valence-electron chi connectivity index (χ4n) is 3.40. The summed E-state index contributed by atoms with van der Waals surface area (Å²) >= 11 is 0. The molecule has 156 valence electrons. The maximum absolute atomic E-state index is 13.6. The van der Waals surface area contributed by atoms with Crippen molar-refractivity contribution in [1.29, 1.82) is 0 Å². The minimum absolute atomic E-state index is 0.0421. The van der Waals surface area contributed by atoms with E-state index < -0.39 is 36.7 Å². The third kappa shape index (κ3) is 4.12. The first-order chi connectivity index (χ1) is 13.0. The SMILES string of the molecule is CS(=O)(=O)N1CCC[C@H](NCc2cccc(O)c2C2NS(=O)(=O)N(F)C2=O)C1. The van der Waals surface area contributed by atoms with E-state index in [9.17, 15) is 31.2 Å². The predicted octanol–water partition coefficient (Wildman–Crippen LogP) is -0.492. The summed E-state index contributed by atoms with van der Waals surface area (Å²) in [4.78, 5) is 12.0. The number of phenols is 1. The summed E-state index contributed by atoms with van der Waals surface area (Å²) in [5.74, 6) is -1.69. The van der Waals surface area contributed by atoms with E-state index in [2.05, 4.69) is 5.32 Å². The molecule has 1 unspecified atom stereocenters. The molecule has 0 aliphatic carbocycles. The highest BCUT2D eigenvalue weighted by atomic mass is 32.2. The van der Waals surface area contributed by atoms with Crippen LogP contribution in [0.1, 0.15) is 30.0 Å². The Morgan fingerprint density at radius 1 is 1.39 bits per heavy atom. The van der Waals surface area contributed by atoms with Gasteiger partial charge in [-0.3, -0.25) is 4.79 Å². The fourth-order valence-corrected chi connectivity index (χ4v) is 5.26. The van der Waals surface area contributed by atoms with Gasteiger partial charge < -0.3 is 10.4 Å². The Morgan fingerprint density at radius 3 is 2.71 bits per heavy atom. The molecule has 2 aliphatic rings. The average Bonchev–Trinajstić information content (AvgIpc) is 2.82. The second-order valence-electron chi connectivity index (χ2n) is 6.80. The molecular weight excluding hydrogens is 415 g/mol. The van der Waals surface area contributed by atoms with Crippen molar-refractivity contribution < 1.29 is 31.2 Å². The minimum atomic E-state index is -4.60. The van der Waals surface area contributed by atoms with Gasteiger partial charge in [0, 0.05) is 31.2 Å². The smallest absolute Gasteiger partial charge is 0.332 e. The van der Waals surface area contributed by atoms with Gasteiger partial charge in [-0.05, 0) is 24.5 Å². The van der Waals surface area contributed by atoms with Crippen molar-refractivity contribution in [2.45, 2.75) is 31.5 Å². The van der Waals surface area contributed by atoms with Gasteiger partial charge in [-0.25, -0.2) is 12.7 Å². The monoisotopic (exact) mass is 436 g/mol. The number of hydrogen-bond acceptors (Lipinski definition) is 7.